The van der Waals surface area contributed by atoms with Crippen LogP contribution in [-0.2, 0) is 32.7 Å². The van der Waals surface area contributed by atoms with Crippen LogP contribution in [0.4, 0.5) is 0 Å². The van der Waals surface area contributed by atoms with Crippen molar-refractivity contribution in [1.82, 2.24) is 0 Å². The summed E-state index contributed by atoms with van der Waals surface area (Å²) in [6.07, 6.45) is 109. The van der Waals surface area contributed by atoms with E-state index in [0.717, 1.165) is 180 Å². The molecular formula is C77H118NO8P. The van der Waals surface area contributed by atoms with E-state index >= 15 is 0 Å². The van der Waals surface area contributed by atoms with Crippen LogP contribution in [0.3, 0.4) is 0 Å². The quantitative estimate of drug-likeness (QED) is 0.0264. The molecular weight excluding hydrogens is 1100 g/mol. The molecule has 0 saturated carbocycles. The lowest BCUT2D eigenvalue weighted by Gasteiger charge is -2.19. The maximum Gasteiger partial charge on any atom is 0.472 e. The minimum atomic E-state index is -4.42. The van der Waals surface area contributed by atoms with Crippen molar-refractivity contribution in [2.45, 2.75) is 225 Å². The number of unbranched alkanes of at least 4 members (excludes halogenated alkanes) is 10. The van der Waals surface area contributed by atoms with E-state index in [1.54, 1.807) is 0 Å². The Kier molecular flexibility index (Phi) is 64.9. The van der Waals surface area contributed by atoms with Gasteiger partial charge in [0.2, 0.25) is 0 Å². The summed E-state index contributed by atoms with van der Waals surface area (Å²) in [5.74, 6) is -0.892. The molecule has 0 aliphatic carbocycles. The maximum atomic E-state index is 12.7. The minimum absolute atomic E-state index is 0.0339. The van der Waals surface area contributed by atoms with Crippen LogP contribution in [0.25, 0.3) is 0 Å². The zero-order valence-electron chi connectivity index (χ0n) is 54.1. The second kappa shape index (κ2) is 69.4. The first kappa shape index (κ1) is 81.3. The molecule has 0 rings (SSSR count). The van der Waals surface area contributed by atoms with Gasteiger partial charge in [-0.2, -0.15) is 0 Å². The fourth-order valence-electron chi connectivity index (χ4n) is 8.03. The van der Waals surface area contributed by atoms with Crippen LogP contribution in [0.15, 0.2) is 219 Å². The third-order valence-electron chi connectivity index (χ3n) is 12.9. The van der Waals surface area contributed by atoms with Gasteiger partial charge in [-0.3, -0.25) is 18.6 Å². The largest absolute Gasteiger partial charge is 0.472 e. The number of esters is 2. The third-order valence-corrected chi connectivity index (χ3v) is 13.8. The van der Waals surface area contributed by atoms with Crippen LogP contribution in [0.1, 0.15) is 219 Å². The van der Waals surface area contributed by atoms with Crippen LogP contribution in [0.5, 0.6) is 0 Å². The first-order chi connectivity index (χ1) is 42.8. The predicted molar refractivity (Wildman–Crippen MR) is 375 cm³/mol. The summed E-state index contributed by atoms with van der Waals surface area (Å²) in [6.45, 7) is 3.43. The van der Waals surface area contributed by atoms with E-state index in [-0.39, 0.29) is 32.6 Å². The zero-order chi connectivity index (χ0) is 63.0. The molecule has 0 aromatic heterocycles. The van der Waals surface area contributed by atoms with Gasteiger partial charge < -0.3 is 20.1 Å². The number of ether oxygens (including phenoxy) is 2. The van der Waals surface area contributed by atoms with Crippen LogP contribution in [-0.4, -0.2) is 49.3 Å². The second-order valence-corrected chi connectivity index (χ2v) is 22.3. The summed E-state index contributed by atoms with van der Waals surface area (Å²) in [6, 6.07) is 0. The number of allylic oxidation sites excluding steroid dienone is 36. The topological polar surface area (TPSA) is 134 Å². The smallest absolute Gasteiger partial charge is 0.462 e. The van der Waals surface area contributed by atoms with Gasteiger partial charge in [-0.15, -0.1) is 0 Å². The van der Waals surface area contributed by atoms with Gasteiger partial charge in [0.25, 0.3) is 0 Å². The summed E-state index contributed by atoms with van der Waals surface area (Å²) in [5.41, 5.74) is 5.39. The van der Waals surface area contributed by atoms with E-state index in [1.807, 2.05) is 0 Å². The molecule has 10 heteroatoms. The summed E-state index contributed by atoms with van der Waals surface area (Å²) < 4.78 is 33.1. The number of phosphoric ester groups is 1. The monoisotopic (exact) mass is 1220 g/mol. The van der Waals surface area contributed by atoms with Crippen molar-refractivity contribution in [1.29, 1.82) is 0 Å². The molecule has 0 radical (unpaired) electrons. The number of rotatable bonds is 59. The lowest BCUT2D eigenvalue weighted by molar-refractivity contribution is -0.161. The summed E-state index contributed by atoms with van der Waals surface area (Å²) >= 11 is 0. The lowest BCUT2D eigenvalue weighted by Crippen LogP contribution is -2.29. The molecule has 0 aliphatic heterocycles. The van der Waals surface area contributed by atoms with Crippen LogP contribution >= 0.6 is 7.82 Å². The molecule has 484 valence electrons. The molecule has 87 heavy (non-hydrogen) atoms. The van der Waals surface area contributed by atoms with Crippen LogP contribution in [0.2, 0.25) is 0 Å². The van der Waals surface area contributed by atoms with Crippen molar-refractivity contribution in [3.63, 3.8) is 0 Å². The molecule has 9 nitrogen and oxygen atoms in total. The summed E-state index contributed by atoms with van der Waals surface area (Å²) in [7, 11) is -4.42. The van der Waals surface area contributed by atoms with Gasteiger partial charge in [-0.25, -0.2) is 4.57 Å². The highest BCUT2D eigenvalue weighted by atomic mass is 31.2. The molecule has 0 aliphatic rings. The first-order valence-corrected chi connectivity index (χ1v) is 34.7. The van der Waals surface area contributed by atoms with Gasteiger partial charge in [0.15, 0.2) is 6.10 Å². The average Bonchev–Trinajstić information content (AvgIpc) is 3.55. The minimum Gasteiger partial charge on any atom is -0.462 e. The van der Waals surface area contributed by atoms with Crippen molar-refractivity contribution in [2.75, 3.05) is 26.4 Å². The van der Waals surface area contributed by atoms with E-state index < -0.39 is 32.5 Å². The Morgan fingerprint density at radius 3 is 0.885 bits per heavy atom. The Balaban J connectivity index is 4.12. The third kappa shape index (κ3) is 69.3. The molecule has 2 atom stereocenters. The first-order valence-electron chi connectivity index (χ1n) is 33.2. The molecule has 2 unspecified atom stereocenters. The second-order valence-electron chi connectivity index (χ2n) is 20.9. The lowest BCUT2D eigenvalue weighted by atomic mass is 10.1. The fourth-order valence-corrected chi connectivity index (χ4v) is 8.80. The van der Waals surface area contributed by atoms with Gasteiger partial charge in [0, 0.05) is 19.4 Å². The molecule has 0 heterocycles. The van der Waals surface area contributed by atoms with Crippen molar-refractivity contribution < 1.29 is 37.6 Å². The van der Waals surface area contributed by atoms with Crippen molar-refractivity contribution >= 4 is 19.8 Å². The molecule has 0 aromatic rings. The van der Waals surface area contributed by atoms with Gasteiger partial charge >= 0.3 is 19.8 Å². The number of phosphoric acid groups is 1. The van der Waals surface area contributed by atoms with E-state index in [9.17, 15) is 19.0 Å². The number of carbonyl (C=O) groups is 2. The van der Waals surface area contributed by atoms with Crippen molar-refractivity contribution in [2.24, 2.45) is 5.73 Å². The van der Waals surface area contributed by atoms with Gasteiger partial charge in [-0.1, -0.05) is 271 Å². The highest BCUT2D eigenvalue weighted by Gasteiger charge is 2.26. The van der Waals surface area contributed by atoms with Crippen molar-refractivity contribution in [3.05, 3.63) is 219 Å². The van der Waals surface area contributed by atoms with Gasteiger partial charge in [-0.05, 0) is 154 Å². The van der Waals surface area contributed by atoms with Gasteiger partial charge in [0.05, 0.1) is 13.2 Å². The van der Waals surface area contributed by atoms with Crippen LogP contribution in [0, 0.1) is 0 Å². The fraction of sp³-hybridized carbons (Fsp3) is 0.506. The average molecular weight is 1220 g/mol. The highest BCUT2D eigenvalue weighted by molar-refractivity contribution is 7.47. The number of hydrogen-bond acceptors (Lipinski definition) is 8. The van der Waals surface area contributed by atoms with Gasteiger partial charge in [0.1, 0.15) is 6.61 Å². The SMILES string of the molecule is CC/C=C\C/C=C\C/C=C\C/C=C\C/C=C\C/C=C\C/C=C\C/C=C\C/C=C\CCCCCCCC(=O)OCC(COP(=O)(O)OCCN)OC(=O)CCCCCCC/C=C\C/C=C\C/C=C\C/C=C\C/C=C\C/C=C\C/C=C\C/C=C\C/C=C\CC. The van der Waals surface area contributed by atoms with Crippen molar-refractivity contribution in [3.8, 4) is 0 Å². The Labute approximate surface area is 531 Å². The zero-order valence-corrected chi connectivity index (χ0v) is 55.0. The normalized spacial score (nSPS) is 14.4. The molecule has 3 N–H and O–H groups in total. The Bertz CT molecular complexity index is 2220. The Morgan fingerprint density at radius 2 is 0.598 bits per heavy atom. The van der Waals surface area contributed by atoms with E-state index in [4.69, 9.17) is 24.3 Å². The molecule has 0 amide bonds. The summed E-state index contributed by atoms with van der Waals surface area (Å²) in [4.78, 5) is 35.3. The number of nitrogens with two attached hydrogens (primary N) is 1. The van der Waals surface area contributed by atoms with E-state index in [2.05, 4.69) is 233 Å². The molecule has 0 spiro atoms. The number of carbonyl (C=O) groups excluding carboxylic acids is 2. The molecule has 0 saturated heterocycles. The number of hydrogen-bond donors (Lipinski definition) is 2. The van der Waals surface area contributed by atoms with Crippen LogP contribution < -0.4 is 5.73 Å². The maximum absolute atomic E-state index is 12.7. The Hall–Kier alpha value is -5.67. The highest BCUT2D eigenvalue weighted by Crippen LogP contribution is 2.43. The molecule has 0 fully saturated rings. The Morgan fingerprint density at radius 1 is 0.345 bits per heavy atom. The molecule has 0 bridgehead atoms. The predicted octanol–water partition coefficient (Wildman–Crippen LogP) is 22.1. The van der Waals surface area contributed by atoms with E-state index in [1.165, 1.54) is 0 Å². The molecule has 0 aromatic carbocycles. The summed E-state index contributed by atoms with van der Waals surface area (Å²) in [5, 5.41) is 0. The van der Waals surface area contributed by atoms with E-state index in [0.29, 0.717) is 12.8 Å². The standard InChI is InChI=1S/C77H118NO8P/c1-3-5-7-9-11-13-15-17-19-21-23-25-27-29-31-33-35-37-39-41-43-45-47-49-51-53-55-57-59-61-63-65-67-69-76(79)83-73-75(74-85-87(81,82)84-72-71-78)86-77(80)70-68-66-64-62-60-58-56-54-52-50-48-46-44-42-40-38-36-34-32-30-28-26-24-22-20-18-16-14-12-10-8-6-4-2/h5-8,11-14,17-20,23-26,29-32,35-38,41-44,47-50,53-56,75H,3-4,9-10,15-16,21-22,27-28,33-34,39-40,45-46,51-52,57-74,78H2,1-2H3,(H,81,82)/b7-5-,8-6-,13-11-,14-12-,19-17-,20-18-,25-23-,26-24-,31-29-,32-30-,37-35-,38-36-,43-41-,44-42-,49-47-,50-48-,55-53-,56-54-.